The van der Waals surface area contributed by atoms with Crippen LogP contribution in [0.4, 0.5) is 0 Å². The first-order valence-electron chi connectivity index (χ1n) is 7.28. The Balaban J connectivity index is 1.85. The normalized spacial score (nSPS) is 18.4. The second-order valence-electron chi connectivity index (χ2n) is 5.78. The average molecular weight is 309 g/mol. The third-order valence-electron chi connectivity index (χ3n) is 3.64. The molecule has 0 aliphatic carbocycles. The molecule has 1 fully saturated rings. The molecule has 0 bridgehead atoms. The fourth-order valence-electron chi connectivity index (χ4n) is 2.41. The van der Waals surface area contributed by atoms with Crippen molar-refractivity contribution in [3.8, 4) is 0 Å². The Morgan fingerprint density at radius 3 is 2.90 bits per heavy atom. The summed E-state index contributed by atoms with van der Waals surface area (Å²) in [6.07, 6.45) is 1.17. The van der Waals surface area contributed by atoms with Crippen LogP contribution < -0.4 is 5.32 Å². The van der Waals surface area contributed by atoms with E-state index in [1.54, 1.807) is 0 Å². The number of halogens is 1. The van der Waals surface area contributed by atoms with Crippen LogP contribution in [0.3, 0.4) is 0 Å². The summed E-state index contributed by atoms with van der Waals surface area (Å²) >= 11 is 5.95. The Kier molecular flexibility index (Phi) is 5.23. The van der Waals surface area contributed by atoms with Gasteiger partial charge in [0.15, 0.2) is 0 Å². The van der Waals surface area contributed by atoms with Gasteiger partial charge in [0, 0.05) is 30.5 Å². The number of rotatable bonds is 5. The fraction of sp³-hybridized carbons (Fsp3) is 0.500. The monoisotopic (exact) mass is 308 g/mol. The summed E-state index contributed by atoms with van der Waals surface area (Å²) in [5.74, 6) is 0.0520. The van der Waals surface area contributed by atoms with Crippen LogP contribution in [0, 0.1) is 5.92 Å². The van der Waals surface area contributed by atoms with Crippen LogP contribution in [0.2, 0.25) is 5.02 Å². The molecule has 114 valence electrons. The molecule has 1 aromatic rings. The van der Waals surface area contributed by atoms with E-state index in [1.165, 1.54) is 0 Å². The lowest BCUT2D eigenvalue weighted by atomic mass is 10.1. The summed E-state index contributed by atoms with van der Waals surface area (Å²) in [4.78, 5) is 25.5. The summed E-state index contributed by atoms with van der Waals surface area (Å²) in [5, 5.41) is 3.63. The van der Waals surface area contributed by atoms with E-state index in [0.717, 1.165) is 12.0 Å². The molecule has 1 unspecified atom stereocenters. The van der Waals surface area contributed by atoms with Gasteiger partial charge < -0.3 is 10.2 Å². The summed E-state index contributed by atoms with van der Waals surface area (Å²) in [6.45, 7) is 4.96. The van der Waals surface area contributed by atoms with Gasteiger partial charge in [-0.25, -0.2) is 0 Å². The van der Waals surface area contributed by atoms with Crippen LogP contribution >= 0.6 is 11.6 Å². The minimum atomic E-state index is -0.0632. The van der Waals surface area contributed by atoms with Gasteiger partial charge in [-0.2, -0.15) is 0 Å². The van der Waals surface area contributed by atoms with E-state index in [2.05, 4.69) is 5.32 Å². The Morgan fingerprint density at radius 2 is 2.24 bits per heavy atom. The molecule has 2 amide bonds. The lowest BCUT2D eigenvalue weighted by Crippen LogP contribution is -2.39. The van der Waals surface area contributed by atoms with Crippen LogP contribution in [0.15, 0.2) is 24.3 Å². The molecule has 0 aromatic heterocycles. The molecule has 1 aromatic carbocycles. The van der Waals surface area contributed by atoms with Crippen LogP contribution in [0.5, 0.6) is 0 Å². The van der Waals surface area contributed by atoms with E-state index in [0.29, 0.717) is 24.5 Å². The molecule has 1 aliphatic rings. The number of nitrogens with zero attached hydrogens (tertiary/aromatic N) is 1. The van der Waals surface area contributed by atoms with Crippen LogP contribution in [0.1, 0.15) is 25.8 Å². The van der Waals surface area contributed by atoms with Gasteiger partial charge in [0.2, 0.25) is 11.8 Å². The minimum absolute atomic E-state index is 0.00416. The van der Waals surface area contributed by atoms with Crippen LogP contribution in [0.25, 0.3) is 0 Å². The SMILES string of the molecule is CC(C)C(=O)NC1CC(=O)N(CCc2cccc(Cl)c2)C1. The average Bonchev–Trinajstić information content (AvgIpc) is 2.76. The summed E-state index contributed by atoms with van der Waals surface area (Å²) in [5.41, 5.74) is 1.12. The van der Waals surface area contributed by atoms with Gasteiger partial charge in [-0.3, -0.25) is 9.59 Å². The van der Waals surface area contributed by atoms with Crippen molar-refractivity contribution in [1.82, 2.24) is 10.2 Å². The number of hydrogen-bond acceptors (Lipinski definition) is 2. The zero-order valence-corrected chi connectivity index (χ0v) is 13.2. The molecule has 1 saturated heterocycles. The Hall–Kier alpha value is -1.55. The molecular formula is C16H21ClN2O2. The quantitative estimate of drug-likeness (QED) is 0.907. The molecule has 2 rings (SSSR count). The van der Waals surface area contributed by atoms with E-state index in [4.69, 9.17) is 11.6 Å². The summed E-state index contributed by atoms with van der Waals surface area (Å²) < 4.78 is 0. The van der Waals surface area contributed by atoms with Crippen molar-refractivity contribution in [3.05, 3.63) is 34.9 Å². The zero-order valence-electron chi connectivity index (χ0n) is 12.4. The maximum Gasteiger partial charge on any atom is 0.224 e. The maximum absolute atomic E-state index is 12.0. The van der Waals surface area contributed by atoms with Gasteiger partial charge in [0.1, 0.15) is 0 Å². The maximum atomic E-state index is 12.0. The van der Waals surface area contributed by atoms with Gasteiger partial charge in [-0.15, -0.1) is 0 Å². The van der Waals surface area contributed by atoms with Crippen molar-refractivity contribution in [1.29, 1.82) is 0 Å². The molecule has 0 radical (unpaired) electrons. The fourth-order valence-corrected chi connectivity index (χ4v) is 2.62. The predicted octanol–water partition coefficient (Wildman–Crippen LogP) is 2.26. The van der Waals surface area contributed by atoms with E-state index in [9.17, 15) is 9.59 Å². The molecule has 5 heteroatoms. The number of likely N-dealkylation sites (tertiary alicyclic amines) is 1. The Labute approximate surface area is 130 Å². The molecule has 1 atom stereocenters. The van der Waals surface area contributed by atoms with Gasteiger partial charge in [0.25, 0.3) is 0 Å². The van der Waals surface area contributed by atoms with Crippen molar-refractivity contribution >= 4 is 23.4 Å². The van der Waals surface area contributed by atoms with E-state index >= 15 is 0 Å². The first-order chi connectivity index (χ1) is 9.95. The summed E-state index contributed by atoms with van der Waals surface area (Å²) in [6, 6.07) is 7.61. The zero-order chi connectivity index (χ0) is 15.4. The molecule has 1 aliphatic heterocycles. The van der Waals surface area contributed by atoms with Crippen LogP contribution in [-0.4, -0.2) is 35.8 Å². The van der Waals surface area contributed by atoms with Gasteiger partial charge in [0.05, 0.1) is 6.04 Å². The third-order valence-corrected chi connectivity index (χ3v) is 3.88. The largest absolute Gasteiger partial charge is 0.351 e. The van der Waals surface area contributed by atoms with Crippen molar-refractivity contribution in [2.45, 2.75) is 32.7 Å². The lowest BCUT2D eigenvalue weighted by Gasteiger charge is -2.17. The second-order valence-corrected chi connectivity index (χ2v) is 6.22. The van der Waals surface area contributed by atoms with Crippen molar-refractivity contribution in [3.63, 3.8) is 0 Å². The molecule has 1 heterocycles. The highest BCUT2D eigenvalue weighted by Crippen LogP contribution is 2.15. The standard InChI is InChI=1S/C16H21ClN2O2/c1-11(2)16(21)18-14-9-15(20)19(10-14)7-6-12-4-3-5-13(17)8-12/h3-5,8,11,14H,6-7,9-10H2,1-2H3,(H,18,21). The van der Waals surface area contributed by atoms with E-state index < -0.39 is 0 Å². The lowest BCUT2D eigenvalue weighted by molar-refractivity contribution is -0.127. The predicted molar refractivity (Wildman–Crippen MR) is 83.1 cm³/mol. The summed E-state index contributed by atoms with van der Waals surface area (Å²) in [7, 11) is 0. The number of benzene rings is 1. The van der Waals surface area contributed by atoms with Crippen LogP contribution in [-0.2, 0) is 16.0 Å². The van der Waals surface area contributed by atoms with E-state index in [1.807, 2.05) is 43.0 Å². The number of carbonyl (C=O) groups is 2. The molecule has 4 nitrogen and oxygen atoms in total. The van der Waals surface area contributed by atoms with Crippen molar-refractivity contribution < 1.29 is 9.59 Å². The Morgan fingerprint density at radius 1 is 1.48 bits per heavy atom. The van der Waals surface area contributed by atoms with Crippen molar-refractivity contribution in [2.75, 3.05) is 13.1 Å². The molecule has 21 heavy (non-hydrogen) atoms. The highest BCUT2D eigenvalue weighted by atomic mass is 35.5. The topological polar surface area (TPSA) is 49.4 Å². The number of nitrogens with one attached hydrogen (secondary N) is 1. The first kappa shape index (κ1) is 15.8. The number of amides is 2. The second kappa shape index (κ2) is 6.94. The molecular weight excluding hydrogens is 288 g/mol. The highest BCUT2D eigenvalue weighted by Gasteiger charge is 2.30. The van der Waals surface area contributed by atoms with E-state index in [-0.39, 0.29) is 23.8 Å². The highest BCUT2D eigenvalue weighted by molar-refractivity contribution is 6.30. The van der Waals surface area contributed by atoms with Gasteiger partial charge in [-0.1, -0.05) is 37.6 Å². The van der Waals surface area contributed by atoms with Crippen molar-refractivity contribution in [2.24, 2.45) is 5.92 Å². The third kappa shape index (κ3) is 4.46. The Bertz CT molecular complexity index is 531. The molecule has 0 spiro atoms. The smallest absolute Gasteiger partial charge is 0.224 e. The first-order valence-corrected chi connectivity index (χ1v) is 7.66. The molecule has 0 saturated carbocycles. The molecule has 1 N–H and O–H groups in total. The van der Waals surface area contributed by atoms with Gasteiger partial charge in [-0.05, 0) is 24.1 Å². The van der Waals surface area contributed by atoms with Gasteiger partial charge >= 0.3 is 0 Å². The number of hydrogen-bond donors (Lipinski definition) is 1. The minimum Gasteiger partial charge on any atom is -0.351 e. The number of carbonyl (C=O) groups excluding carboxylic acids is 2.